The summed E-state index contributed by atoms with van der Waals surface area (Å²) in [4.78, 5) is 15.0. The molecule has 0 amide bonds. The van der Waals surface area contributed by atoms with Gasteiger partial charge in [-0.05, 0) is 30.2 Å². The van der Waals surface area contributed by atoms with Crippen LogP contribution in [0.15, 0.2) is 53.3 Å². The summed E-state index contributed by atoms with van der Waals surface area (Å²) in [6.07, 6.45) is 0. The van der Waals surface area contributed by atoms with Crippen molar-refractivity contribution in [3.63, 3.8) is 0 Å². The monoisotopic (exact) mass is 251 g/mol. The molecular weight excluding hydrogens is 238 g/mol. The Morgan fingerprint density at radius 2 is 1.68 bits per heavy atom. The molecule has 3 rings (SSSR count). The molecule has 0 atom stereocenters. The zero-order valence-corrected chi connectivity index (χ0v) is 10.5. The van der Waals surface area contributed by atoms with Crippen molar-refractivity contribution in [3.05, 3.63) is 64.4 Å². The number of hydrogen-bond acceptors (Lipinski definition) is 2. The number of rotatable bonds is 1. The van der Waals surface area contributed by atoms with Gasteiger partial charge in [0.1, 0.15) is 5.75 Å². The Hall–Kier alpha value is -2.55. The molecule has 0 spiro atoms. The molecule has 0 saturated carbocycles. The zero-order chi connectivity index (χ0) is 13.4. The molecule has 0 unspecified atom stereocenters. The van der Waals surface area contributed by atoms with E-state index in [4.69, 9.17) is 0 Å². The quantitative estimate of drug-likeness (QED) is 0.697. The van der Waals surface area contributed by atoms with Crippen LogP contribution in [0.3, 0.4) is 0 Å². The van der Waals surface area contributed by atoms with Gasteiger partial charge in [-0.2, -0.15) is 0 Å². The summed E-state index contributed by atoms with van der Waals surface area (Å²) in [6.45, 7) is 1.92. The summed E-state index contributed by atoms with van der Waals surface area (Å²) in [6, 6.07) is 14.8. The Morgan fingerprint density at radius 3 is 2.47 bits per heavy atom. The van der Waals surface area contributed by atoms with E-state index in [1.165, 1.54) is 0 Å². The molecule has 0 radical (unpaired) electrons. The number of aryl methyl sites for hydroxylation is 1. The van der Waals surface area contributed by atoms with E-state index >= 15 is 0 Å². The lowest BCUT2D eigenvalue weighted by Gasteiger charge is -2.09. The second-order valence-corrected chi connectivity index (χ2v) is 4.54. The van der Waals surface area contributed by atoms with E-state index in [0.29, 0.717) is 16.5 Å². The standard InChI is InChI=1S/C16H13NO2/c1-10-6-2-3-7-11(10)14-15(18)12-8-4-5-9-13(12)17-16(14)19/h2-9H,1H3,(H2,17,18,19). The predicted octanol–water partition coefficient (Wildman–Crippen LogP) is 3.21. The highest BCUT2D eigenvalue weighted by Gasteiger charge is 2.14. The molecule has 0 saturated heterocycles. The first-order valence-electron chi connectivity index (χ1n) is 6.08. The van der Waals surface area contributed by atoms with Crippen molar-refractivity contribution in [3.8, 4) is 16.9 Å². The number of fused-ring (bicyclic) bond motifs is 1. The zero-order valence-electron chi connectivity index (χ0n) is 10.5. The highest BCUT2D eigenvalue weighted by molar-refractivity contribution is 5.92. The Kier molecular flexibility index (Phi) is 2.60. The fourth-order valence-corrected chi connectivity index (χ4v) is 2.33. The highest BCUT2D eigenvalue weighted by Crippen LogP contribution is 2.33. The van der Waals surface area contributed by atoms with Gasteiger partial charge in [-0.3, -0.25) is 4.79 Å². The number of aromatic nitrogens is 1. The third-order valence-electron chi connectivity index (χ3n) is 3.31. The average Bonchev–Trinajstić information content (AvgIpc) is 2.41. The number of aromatic amines is 1. The number of hydrogen-bond donors (Lipinski definition) is 2. The molecule has 94 valence electrons. The van der Waals surface area contributed by atoms with Crippen molar-refractivity contribution in [1.29, 1.82) is 0 Å². The van der Waals surface area contributed by atoms with Crippen LogP contribution in [0.4, 0.5) is 0 Å². The lowest BCUT2D eigenvalue weighted by molar-refractivity contribution is 0.482. The summed E-state index contributed by atoms with van der Waals surface area (Å²) >= 11 is 0. The van der Waals surface area contributed by atoms with Crippen molar-refractivity contribution < 1.29 is 5.11 Å². The number of benzene rings is 2. The summed E-state index contributed by atoms with van der Waals surface area (Å²) in [5.41, 5.74) is 2.41. The third kappa shape index (κ3) is 1.80. The molecule has 1 aromatic heterocycles. The first kappa shape index (κ1) is 11.5. The van der Waals surface area contributed by atoms with Crippen LogP contribution in [0, 0.1) is 6.92 Å². The van der Waals surface area contributed by atoms with Crippen LogP contribution in [-0.4, -0.2) is 10.1 Å². The summed E-state index contributed by atoms with van der Waals surface area (Å²) in [7, 11) is 0. The molecule has 2 N–H and O–H groups in total. The second-order valence-electron chi connectivity index (χ2n) is 4.54. The van der Waals surface area contributed by atoms with Gasteiger partial charge in [0, 0.05) is 5.39 Å². The van der Waals surface area contributed by atoms with Gasteiger partial charge in [-0.15, -0.1) is 0 Å². The normalized spacial score (nSPS) is 10.8. The lowest BCUT2D eigenvalue weighted by Crippen LogP contribution is -2.09. The van der Waals surface area contributed by atoms with E-state index in [0.717, 1.165) is 11.1 Å². The van der Waals surface area contributed by atoms with Gasteiger partial charge < -0.3 is 10.1 Å². The number of nitrogens with one attached hydrogen (secondary N) is 1. The van der Waals surface area contributed by atoms with Crippen LogP contribution in [0.1, 0.15) is 5.56 Å². The fourth-order valence-electron chi connectivity index (χ4n) is 2.33. The molecule has 3 heteroatoms. The Balaban J connectivity index is 2.43. The molecular formula is C16H13NO2. The van der Waals surface area contributed by atoms with Crippen LogP contribution in [0.25, 0.3) is 22.0 Å². The van der Waals surface area contributed by atoms with E-state index in [1.54, 1.807) is 12.1 Å². The molecule has 2 aromatic carbocycles. The van der Waals surface area contributed by atoms with Crippen LogP contribution in [0.2, 0.25) is 0 Å². The van der Waals surface area contributed by atoms with E-state index in [-0.39, 0.29) is 11.3 Å². The van der Waals surface area contributed by atoms with Crippen molar-refractivity contribution in [2.75, 3.05) is 0 Å². The molecule has 3 aromatic rings. The molecule has 1 heterocycles. The minimum atomic E-state index is -0.273. The van der Waals surface area contributed by atoms with Crippen molar-refractivity contribution in [2.24, 2.45) is 0 Å². The van der Waals surface area contributed by atoms with Gasteiger partial charge in [0.2, 0.25) is 0 Å². The van der Waals surface area contributed by atoms with E-state index < -0.39 is 0 Å². The minimum Gasteiger partial charge on any atom is -0.506 e. The molecule has 0 aliphatic heterocycles. The number of para-hydroxylation sites is 1. The molecule has 0 aliphatic rings. The number of pyridine rings is 1. The number of H-pyrrole nitrogens is 1. The summed E-state index contributed by atoms with van der Waals surface area (Å²) in [5, 5.41) is 11.0. The maximum absolute atomic E-state index is 12.2. The van der Waals surface area contributed by atoms with Crippen molar-refractivity contribution in [2.45, 2.75) is 6.92 Å². The van der Waals surface area contributed by atoms with Gasteiger partial charge in [0.05, 0.1) is 11.1 Å². The van der Waals surface area contributed by atoms with Crippen molar-refractivity contribution in [1.82, 2.24) is 4.98 Å². The van der Waals surface area contributed by atoms with Gasteiger partial charge in [0.25, 0.3) is 5.56 Å². The molecule has 0 fully saturated rings. The summed E-state index contributed by atoms with van der Waals surface area (Å²) < 4.78 is 0. The fraction of sp³-hybridized carbons (Fsp3) is 0.0625. The second kappa shape index (κ2) is 4.28. The minimum absolute atomic E-state index is 0.0358. The van der Waals surface area contributed by atoms with Gasteiger partial charge in [-0.1, -0.05) is 36.4 Å². The SMILES string of the molecule is Cc1ccccc1-c1c(O)c2ccccc2[nH]c1=O. The first-order chi connectivity index (χ1) is 9.18. The van der Waals surface area contributed by atoms with E-state index in [9.17, 15) is 9.90 Å². The maximum Gasteiger partial charge on any atom is 0.260 e. The van der Waals surface area contributed by atoms with E-state index in [2.05, 4.69) is 4.98 Å². The van der Waals surface area contributed by atoms with Gasteiger partial charge >= 0.3 is 0 Å². The van der Waals surface area contributed by atoms with Crippen LogP contribution in [0.5, 0.6) is 5.75 Å². The average molecular weight is 251 g/mol. The Bertz CT molecular complexity index is 818. The van der Waals surface area contributed by atoms with Crippen LogP contribution in [-0.2, 0) is 0 Å². The molecule has 19 heavy (non-hydrogen) atoms. The Morgan fingerprint density at radius 1 is 1.00 bits per heavy atom. The summed E-state index contributed by atoms with van der Waals surface area (Å²) in [5.74, 6) is 0.0358. The highest BCUT2D eigenvalue weighted by atomic mass is 16.3. The molecule has 0 bridgehead atoms. The predicted molar refractivity (Wildman–Crippen MR) is 76.4 cm³/mol. The molecule has 0 aliphatic carbocycles. The van der Waals surface area contributed by atoms with Gasteiger partial charge in [0.15, 0.2) is 0 Å². The topological polar surface area (TPSA) is 53.1 Å². The first-order valence-corrected chi connectivity index (χ1v) is 6.08. The van der Waals surface area contributed by atoms with Crippen LogP contribution >= 0.6 is 0 Å². The largest absolute Gasteiger partial charge is 0.506 e. The molecule has 3 nitrogen and oxygen atoms in total. The lowest BCUT2D eigenvalue weighted by atomic mass is 9.99. The number of aromatic hydroxyl groups is 1. The Labute approximate surface area is 110 Å². The maximum atomic E-state index is 12.2. The van der Waals surface area contributed by atoms with Crippen LogP contribution < -0.4 is 5.56 Å². The van der Waals surface area contributed by atoms with Gasteiger partial charge in [-0.25, -0.2) is 0 Å². The smallest absolute Gasteiger partial charge is 0.260 e. The van der Waals surface area contributed by atoms with Crippen molar-refractivity contribution >= 4 is 10.9 Å². The van der Waals surface area contributed by atoms with E-state index in [1.807, 2.05) is 43.3 Å². The third-order valence-corrected chi connectivity index (χ3v) is 3.31.